The van der Waals surface area contributed by atoms with Gasteiger partial charge in [-0.3, -0.25) is 0 Å². The van der Waals surface area contributed by atoms with Crippen molar-refractivity contribution in [3.63, 3.8) is 0 Å². The van der Waals surface area contributed by atoms with E-state index >= 15 is 0 Å². The van der Waals surface area contributed by atoms with Gasteiger partial charge in [-0.15, -0.1) is 12.4 Å². The summed E-state index contributed by atoms with van der Waals surface area (Å²) in [7, 11) is 2.56. The van der Waals surface area contributed by atoms with Gasteiger partial charge >= 0.3 is 17.9 Å². The van der Waals surface area contributed by atoms with Crippen molar-refractivity contribution in [3.05, 3.63) is 144 Å². The van der Waals surface area contributed by atoms with Gasteiger partial charge in [-0.25, -0.2) is 27.6 Å². The van der Waals surface area contributed by atoms with Gasteiger partial charge in [0.05, 0.1) is 102 Å². The van der Waals surface area contributed by atoms with Crippen LogP contribution in [-0.2, 0) is 43.5 Å². The molecule has 0 radical (unpaired) electrons. The molecule has 3 spiro atoms. The summed E-state index contributed by atoms with van der Waals surface area (Å²) in [5, 5.41) is 26.5. The number of rotatable bonds is 20. The molecule has 15 aliphatic rings. The number of aromatic carboxylic acids is 1. The first-order chi connectivity index (χ1) is 52.5. The van der Waals surface area contributed by atoms with E-state index in [1.165, 1.54) is 239 Å². The second-order valence-electron chi connectivity index (χ2n) is 35.6. The Kier molecular flexibility index (Phi) is 21.4. The third kappa shape index (κ3) is 16.0. The van der Waals surface area contributed by atoms with Gasteiger partial charge in [-0.2, -0.15) is 0 Å². The Bertz CT molecular complexity index is 4300. The van der Waals surface area contributed by atoms with Crippen LogP contribution in [0, 0.1) is 51.5 Å². The largest absolute Gasteiger partial charge is 0.478 e. The summed E-state index contributed by atoms with van der Waals surface area (Å²) in [6.07, 6.45) is 38.6. The third-order valence-corrected chi connectivity index (χ3v) is 29.3. The molecule has 2 N–H and O–H groups in total. The number of ether oxygens (including phenoxy) is 5. The Morgan fingerprint density at radius 2 is 0.844 bits per heavy atom. The van der Waals surface area contributed by atoms with Gasteiger partial charge < -0.3 is 57.5 Å². The number of carboxylic acids is 1. The summed E-state index contributed by atoms with van der Waals surface area (Å²) in [6, 6.07) is 14.1. The molecule has 3 aromatic heterocycles. The number of anilines is 2. The van der Waals surface area contributed by atoms with Crippen LogP contribution in [-0.4, -0.2) is 109 Å². The lowest BCUT2D eigenvalue weighted by Crippen LogP contribution is -2.39. The highest BCUT2D eigenvalue weighted by Crippen LogP contribution is 2.62. The smallest absolute Gasteiger partial charge is 0.337 e. The van der Waals surface area contributed by atoms with Crippen LogP contribution in [0.3, 0.4) is 0 Å². The maximum atomic E-state index is 14.9. The Morgan fingerprint density at radius 1 is 0.477 bits per heavy atom. The van der Waals surface area contributed by atoms with E-state index in [4.69, 9.17) is 37.6 Å². The van der Waals surface area contributed by atoms with E-state index in [1.807, 2.05) is 0 Å². The Morgan fingerprint density at radius 3 is 1.16 bits per heavy atom. The van der Waals surface area contributed by atoms with Crippen molar-refractivity contribution in [1.29, 1.82) is 0 Å². The number of halogens is 5. The summed E-state index contributed by atoms with van der Waals surface area (Å²) >= 11 is 2.97. The van der Waals surface area contributed by atoms with Gasteiger partial charge in [0.25, 0.3) is 0 Å². The molecule has 586 valence electrons. The van der Waals surface area contributed by atoms with E-state index in [2.05, 4.69) is 51.3 Å². The quantitative estimate of drug-likeness (QED) is 0.0680. The van der Waals surface area contributed by atoms with Gasteiger partial charge in [0.1, 0.15) is 34.7 Å². The molecule has 18 nitrogen and oxygen atoms in total. The second kappa shape index (κ2) is 30.9. The number of fused-ring (bicyclic) bond motifs is 6. The minimum atomic E-state index is -1.11. The highest BCUT2D eigenvalue weighted by Gasteiger charge is 2.52. The van der Waals surface area contributed by atoms with E-state index in [9.17, 15) is 27.6 Å². The number of hydrogen-bond donors (Lipinski definition) is 2. The predicted octanol–water partition coefficient (Wildman–Crippen LogP) is 19.2. The van der Waals surface area contributed by atoms with Crippen molar-refractivity contribution in [2.24, 2.45) is 34.0 Å². The number of hydrogen-bond acceptors (Lipinski definition) is 17. The standard InChI is InChI=1S/C29H35FN2O4.C28H33FN2O4.C21H30N2O2.C8H6BrFO2.ClH/c1-34-28(33)19-4-5-24(23(30)13-19)32-15-20-12-21(32)14-25(20)35-16-22-26(31-36-27(22)18-2-3-18)17-6-8-29(9-7-17)10-11-29;29-22-12-18(27(32)33)3-4-23(22)31-14-19-11-20(31)13-24(19)34-15-21-25(30-35-26(21)17-1-2-17)16-5-7-28(8-6-16)9-10-28;1-2-14(1)20-17(12-24-18-10-16-9-15(18)11-22-16)19(23-25-20)13-3-5-21(6-4-13)7-8-21;1-12-8(11)5-2-3-6(9)7(10)4-5;/h4-5,13,17-18,20-21,25H,2-3,6-12,14-16H2,1H3;3-4,12,16-17,19-20,24H,1-2,5-11,13-15H2,(H,32,33);13-16,18,22H,1-12H2;2-4H,1H3;1H/t20-,21-,25+;19-,20-,24+;15-,16-,18+;;/m000../s1. The van der Waals surface area contributed by atoms with Crippen LogP contribution in [0.4, 0.5) is 24.5 Å². The molecule has 0 unspecified atom stereocenters. The van der Waals surface area contributed by atoms with Gasteiger partial charge in [0.2, 0.25) is 0 Å². The fourth-order valence-corrected chi connectivity index (χ4v) is 21.2. The number of carboxylic acid groups (broad SMARTS) is 1. The molecule has 3 aliphatic heterocycles. The number of carbonyl (C=O) groups excluding carboxylic acids is 2. The Balaban J connectivity index is 0.000000112. The monoisotopic (exact) mass is 1580 g/mol. The Labute approximate surface area is 651 Å². The number of nitrogens with zero attached hydrogens (tertiary/aromatic N) is 5. The zero-order valence-electron chi connectivity index (χ0n) is 62.9. The van der Waals surface area contributed by atoms with E-state index < -0.39 is 29.5 Å². The van der Waals surface area contributed by atoms with Crippen LogP contribution in [0.1, 0.15) is 310 Å². The van der Waals surface area contributed by atoms with Crippen molar-refractivity contribution in [2.45, 2.75) is 284 Å². The minimum absolute atomic E-state index is 0. The molecule has 21 rings (SSSR count). The SMILES string of the molecule is C(O[C@@H]1C[C@@H]2C[C@H]1CN2)c1c(C2CCC3(CC2)CC3)noc1C1CC1.COC(=O)c1ccc(Br)c(F)c1.COC(=O)c1ccc(N2C[C@@H]3C[C@H]2C[C@H]3OCc2c(C3CCC4(CC3)CC4)noc2C2CC2)c(F)c1.Cl.O=C(O)c1ccc(N2C[C@@H]3C[C@H]2C[C@H]3OCc2c(C3CCC4(CC3)CC4)noc2C2CC2)c(F)c1. The summed E-state index contributed by atoms with van der Waals surface area (Å²) < 4.78 is 89.1. The first kappa shape index (κ1) is 75.4. The Hall–Kier alpha value is -6.30. The van der Waals surface area contributed by atoms with E-state index in [-0.39, 0.29) is 59.2 Å². The molecular formula is C86H105BrClF3N6O12. The summed E-state index contributed by atoms with van der Waals surface area (Å²) in [5.41, 5.74) is 11.0. The fraction of sp³-hybridized carbons (Fsp3) is 0.651. The molecule has 3 saturated heterocycles. The average Bonchev–Trinajstić information content (AvgIpc) is 1.63. The average molecular weight is 1590 g/mol. The minimum Gasteiger partial charge on any atom is -0.478 e. The highest BCUT2D eigenvalue weighted by atomic mass is 79.9. The van der Waals surface area contributed by atoms with E-state index in [0.29, 0.717) is 99.4 Å². The lowest BCUT2D eigenvalue weighted by atomic mass is 9.77. The van der Waals surface area contributed by atoms with Gasteiger partial charge in [-0.05, 0) is 285 Å². The molecule has 12 aliphatic carbocycles. The molecule has 6 heterocycles. The van der Waals surface area contributed by atoms with Gasteiger partial charge in [0, 0.05) is 102 Å². The molecule has 3 aromatic carbocycles. The molecule has 15 fully saturated rings. The topological polar surface area (TPSA) is 214 Å². The molecule has 12 saturated carbocycles. The van der Waals surface area contributed by atoms with Crippen LogP contribution in [0.25, 0.3) is 0 Å². The number of benzene rings is 3. The van der Waals surface area contributed by atoms with E-state index in [0.717, 1.165) is 92.6 Å². The molecular weight excluding hydrogens is 1480 g/mol. The van der Waals surface area contributed by atoms with Crippen molar-refractivity contribution in [1.82, 2.24) is 20.8 Å². The van der Waals surface area contributed by atoms with Gasteiger partial charge in [0.15, 0.2) is 0 Å². The molecule has 6 aromatic rings. The number of nitrogens with one attached hydrogen (secondary N) is 1. The number of carbonyl (C=O) groups is 3. The first-order valence-electron chi connectivity index (χ1n) is 41.0. The van der Waals surface area contributed by atoms with Crippen molar-refractivity contribution < 1.29 is 69.9 Å². The predicted molar refractivity (Wildman–Crippen MR) is 406 cm³/mol. The summed E-state index contributed by atoms with van der Waals surface area (Å²) in [5.74, 6) is 4.60. The second-order valence-corrected chi connectivity index (χ2v) is 36.4. The third-order valence-electron chi connectivity index (χ3n) is 28.7. The van der Waals surface area contributed by atoms with Crippen LogP contribution >= 0.6 is 28.3 Å². The van der Waals surface area contributed by atoms with Crippen molar-refractivity contribution >= 4 is 57.6 Å². The number of piperidine rings is 3. The fourth-order valence-electron chi connectivity index (χ4n) is 20.9. The van der Waals surface area contributed by atoms with Crippen LogP contribution in [0.5, 0.6) is 0 Å². The molecule has 6 bridgehead atoms. The van der Waals surface area contributed by atoms with E-state index in [1.54, 1.807) is 18.2 Å². The van der Waals surface area contributed by atoms with Crippen molar-refractivity contribution in [3.8, 4) is 0 Å². The van der Waals surface area contributed by atoms with Crippen LogP contribution in [0.2, 0.25) is 0 Å². The number of aromatic nitrogens is 3. The maximum Gasteiger partial charge on any atom is 0.337 e. The zero-order chi connectivity index (χ0) is 73.7. The molecule has 23 heteroatoms. The molecule has 9 atom stereocenters. The highest BCUT2D eigenvalue weighted by molar-refractivity contribution is 9.10. The van der Waals surface area contributed by atoms with Crippen molar-refractivity contribution in [2.75, 3.05) is 43.7 Å². The summed E-state index contributed by atoms with van der Waals surface area (Å²) in [4.78, 5) is 38.0. The molecule has 109 heavy (non-hydrogen) atoms. The lowest BCUT2D eigenvalue weighted by molar-refractivity contribution is 0.00848. The number of methoxy groups -OCH3 is 2. The summed E-state index contributed by atoms with van der Waals surface area (Å²) in [6.45, 7) is 4.56. The zero-order valence-corrected chi connectivity index (χ0v) is 65.3. The van der Waals surface area contributed by atoms with Crippen LogP contribution in [0.15, 0.2) is 72.6 Å². The normalized spacial score (nSPS) is 28.3. The maximum absolute atomic E-state index is 14.9. The molecule has 0 amide bonds. The number of esters is 2. The van der Waals surface area contributed by atoms with Crippen LogP contribution < -0.4 is 15.1 Å². The first-order valence-corrected chi connectivity index (χ1v) is 41.8. The lowest BCUT2D eigenvalue weighted by Gasteiger charge is -2.33. The van der Waals surface area contributed by atoms with Gasteiger partial charge in [-0.1, -0.05) is 15.5 Å².